The smallest absolute Gasteiger partial charge is 0.262 e. The molecule has 246 valence electrons. The van der Waals surface area contributed by atoms with E-state index in [-0.39, 0.29) is 10.3 Å². The van der Waals surface area contributed by atoms with Crippen LogP contribution in [0.3, 0.4) is 0 Å². The van der Waals surface area contributed by atoms with Crippen LogP contribution in [0, 0.1) is 12.3 Å². The Kier molecular flexibility index (Phi) is 11.1. The summed E-state index contributed by atoms with van der Waals surface area (Å²) < 4.78 is 34.7. The Morgan fingerprint density at radius 3 is 2.38 bits per heavy atom. The molecule has 0 radical (unpaired) electrons. The molecule has 0 saturated carbocycles. The molecule has 2 heterocycles. The molecule has 3 aromatic carbocycles. The van der Waals surface area contributed by atoms with Crippen LogP contribution < -0.4 is 9.47 Å². The van der Waals surface area contributed by atoms with Crippen molar-refractivity contribution in [3.05, 3.63) is 122 Å². The highest BCUT2D eigenvalue weighted by Gasteiger charge is 2.28. The monoisotopic (exact) mass is 724 g/mol. The van der Waals surface area contributed by atoms with Gasteiger partial charge in [0.25, 0.3) is 5.01 Å². The Morgan fingerprint density at radius 1 is 1.00 bits per heavy atom. The highest BCUT2D eigenvalue weighted by Crippen LogP contribution is 2.48. The van der Waals surface area contributed by atoms with Crippen LogP contribution in [-0.4, -0.2) is 19.5 Å². The number of halogens is 2. The van der Waals surface area contributed by atoms with Crippen molar-refractivity contribution >= 4 is 78.4 Å². The maximum absolute atomic E-state index is 10.4. The van der Waals surface area contributed by atoms with Gasteiger partial charge >= 0.3 is 0 Å². The Bertz CT molecular complexity index is 2030. The first-order chi connectivity index (χ1) is 22.3. The minimum atomic E-state index is -4.27. The maximum atomic E-state index is 10.4. The highest BCUT2D eigenvalue weighted by molar-refractivity contribution is 8.03. The van der Waals surface area contributed by atoms with Crippen LogP contribution in [0.2, 0.25) is 10.0 Å². The molecule has 1 aliphatic carbocycles. The minimum Gasteiger partial charge on any atom is -0.744 e. The highest BCUT2D eigenvalue weighted by atomic mass is 35.5. The number of hydrogen-bond acceptors (Lipinski definition) is 6. The van der Waals surface area contributed by atoms with Gasteiger partial charge < -0.3 is 9.45 Å². The summed E-state index contributed by atoms with van der Waals surface area (Å²) >= 11 is 16.1. The Labute approximate surface area is 296 Å². The summed E-state index contributed by atoms with van der Waals surface area (Å²) in [5.74, 6) is 0. The topological polar surface area (TPSA) is 64.3 Å². The van der Waals surface area contributed by atoms with E-state index in [1.165, 1.54) is 54.1 Å². The van der Waals surface area contributed by atoms with Gasteiger partial charge in [0.2, 0.25) is 5.52 Å². The molecular weight excluding hydrogens is 688 g/mol. The number of rotatable bonds is 6. The molecule has 5 nitrogen and oxygen atoms in total. The molecule has 6 rings (SSSR count). The van der Waals surface area contributed by atoms with Gasteiger partial charge in [-0.05, 0) is 98.7 Å². The van der Waals surface area contributed by atoms with Crippen molar-refractivity contribution in [3.63, 3.8) is 0 Å². The molecule has 10 heteroatoms. The van der Waals surface area contributed by atoms with Crippen molar-refractivity contribution in [2.24, 2.45) is 5.41 Å². The fourth-order valence-electron chi connectivity index (χ4n) is 5.87. The van der Waals surface area contributed by atoms with Crippen LogP contribution in [0.4, 0.5) is 5.69 Å². The van der Waals surface area contributed by atoms with Crippen molar-refractivity contribution in [3.8, 4) is 0 Å². The molecule has 0 N–H and O–H groups in total. The number of thioether (sulfide) groups is 1. The summed E-state index contributed by atoms with van der Waals surface area (Å²) in [6.45, 7) is 12.8. The van der Waals surface area contributed by atoms with Crippen LogP contribution in [0.5, 0.6) is 0 Å². The van der Waals surface area contributed by atoms with Crippen molar-refractivity contribution < 1.29 is 17.5 Å². The number of anilines is 1. The second-order valence-electron chi connectivity index (χ2n) is 12.3. The van der Waals surface area contributed by atoms with Gasteiger partial charge in [-0.2, -0.15) is 4.57 Å². The van der Waals surface area contributed by atoms with E-state index in [0.717, 1.165) is 41.5 Å². The molecule has 4 aromatic rings. The standard InChI is InChI=1S/C30H31Cl2N2S2.C7H8O3S/c1-5-33-24-12-10-22(31)16-26(24)35-28(33)9-7-8-20-14-21(19-30(3,4)18-20)15-29-34(6-2)25-13-11-23(32)17-27(25)36-29;1-6-2-4-7(5-3-6)11(8,9)10/h7-17H,5-6,18-19H2,1-4H3;2-5H,1H3,(H,8,9,10)/q+1;/p-1. The third-order valence-corrected chi connectivity index (χ3v) is 11.4. The summed E-state index contributed by atoms with van der Waals surface area (Å²) in [7, 11) is -4.27. The average Bonchev–Trinajstić information content (AvgIpc) is 3.51. The summed E-state index contributed by atoms with van der Waals surface area (Å²) in [5, 5.41) is 4.10. The van der Waals surface area contributed by atoms with Gasteiger partial charge in [0.05, 0.1) is 15.6 Å². The number of aromatic nitrogens is 1. The third-order valence-electron chi connectivity index (χ3n) is 7.92. The van der Waals surface area contributed by atoms with Gasteiger partial charge in [0, 0.05) is 33.6 Å². The summed E-state index contributed by atoms with van der Waals surface area (Å²) in [4.78, 5) is 3.45. The predicted octanol–water partition coefficient (Wildman–Crippen LogP) is 10.6. The molecular formula is C37H38Cl2N2O3S3. The van der Waals surface area contributed by atoms with Gasteiger partial charge in [-0.25, -0.2) is 8.42 Å². The molecule has 0 bridgehead atoms. The predicted molar refractivity (Wildman–Crippen MR) is 198 cm³/mol. The van der Waals surface area contributed by atoms with Crippen molar-refractivity contribution in [1.82, 2.24) is 0 Å². The van der Waals surface area contributed by atoms with E-state index >= 15 is 0 Å². The summed E-state index contributed by atoms with van der Waals surface area (Å²) in [5.41, 5.74) is 6.39. The van der Waals surface area contributed by atoms with E-state index in [1.807, 2.05) is 30.8 Å². The molecule has 0 spiro atoms. The van der Waals surface area contributed by atoms with Gasteiger partial charge in [0.15, 0.2) is 0 Å². The van der Waals surface area contributed by atoms with Gasteiger partial charge in [-0.15, -0.1) is 0 Å². The van der Waals surface area contributed by atoms with E-state index in [9.17, 15) is 13.0 Å². The zero-order valence-electron chi connectivity index (χ0n) is 27.1. The minimum absolute atomic E-state index is 0.178. The van der Waals surface area contributed by atoms with Crippen LogP contribution >= 0.6 is 46.3 Å². The SMILES string of the molecule is CCN1/C(=C/C2=CC(=C/C=C/c3sc4cc(Cl)ccc4[n+]3CC)/CC(C)(C)C2)Sc2cc(Cl)ccc21.Cc1ccc(S(=O)(=O)[O-])cc1. The lowest BCUT2D eigenvalue weighted by Gasteiger charge is -2.31. The first-order valence-electron chi connectivity index (χ1n) is 15.5. The van der Waals surface area contributed by atoms with Crippen LogP contribution in [-0.2, 0) is 16.7 Å². The number of benzene rings is 3. The molecule has 1 aliphatic heterocycles. The number of aryl methyl sites for hydroxylation is 2. The molecule has 0 saturated heterocycles. The Morgan fingerprint density at radius 2 is 1.70 bits per heavy atom. The normalized spacial score (nSPS) is 17.7. The zero-order chi connectivity index (χ0) is 33.9. The van der Waals surface area contributed by atoms with E-state index in [2.05, 4.69) is 91.8 Å². The molecule has 47 heavy (non-hydrogen) atoms. The summed E-state index contributed by atoms with van der Waals surface area (Å²) in [6, 6.07) is 18.1. The molecule has 0 unspecified atom stereocenters. The number of fused-ring (bicyclic) bond motifs is 2. The Balaban J connectivity index is 0.000000335. The van der Waals surface area contributed by atoms with Gasteiger partial charge in [-0.1, -0.05) is 96.1 Å². The van der Waals surface area contributed by atoms with Crippen LogP contribution in [0.25, 0.3) is 16.3 Å². The zero-order valence-corrected chi connectivity index (χ0v) is 31.0. The van der Waals surface area contributed by atoms with Gasteiger partial charge in [0.1, 0.15) is 21.4 Å². The number of hydrogen-bond donors (Lipinski definition) is 0. The second-order valence-corrected chi connectivity index (χ2v) is 16.7. The van der Waals surface area contributed by atoms with E-state index in [1.54, 1.807) is 23.5 Å². The fraction of sp³-hybridized carbons (Fsp3) is 0.270. The van der Waals surface area contributed by atoms with Crippen LogP contribution in [0.15, 0.2) is 111 Å². The molecule has 2 aliphatic rings. The third kappa shape index (κ3) is 8.79. The largest absolute Gasteiger partial charge is 0.744 e. The van der Waals surface area contributed by atoms with Crippen molar-refractivity contribution in [2.75, 3.05) is 11.4 Å². The number of allylic oxidation sites excluding steroid dienone is 6. The van der Waals surface area contributed by atoms with Gasteiger partial charge in [-0.3, -0.25) is 0 Å². The van der Waals surface area contributed by atoms with Crippen molar-refractivity contribution in [2.45, 2.75) is 63.8 Å². The lowest BCUT2D eigenvalue weighted by molar-refractivity contribution is -0.665. The average molecular weight is 726 g/mol. The quantitative estimate of drug-likeness (QED) is 0.146. The molecule has 0 fully saturated rings. The number of nitrogens with zero attached hydrogens (tertiary/aromatic N) is 2. The van der Waals surface area contributed by atoms with E-state index in [0.29, 0.717) is 0 Å². The molecule has 0 amide bonds. The van der Waals surface area contributed by atoms with Crippen LogP contribution in [0.1, 0.15) is 51.1 Å². The van der Waals surface area contributed by atoms with Crippen molar-refractivity contribution in [1.29, 1.82) is 0 Å². The second kappa shape index (κ2) is 14.7. The van der Waals surface area contributed by atoms with E-state index < -0.39 is 10.1 Å². The first-order valence-corrected chi connectivity index (χ1v) is 19.2. The fourth-order valence-corrected chi connectivity index (χ4v) is 9.23. The lowest BCUT2D eigenvalue weighted by Crippen LogP contribution is -2.33. The molecule has 0 atom stereocenters. The Hall–Kier alpha value is -2.85. The summed E-state index contributed by atoms with van der Waals surface area (Å²) in [6.07, 6.45) is 13.6. The number of thiazole rings is 1. The first kappa shape index (κ1) is 35.5. The molecule has 1 aromatic heterocycles. The van der Waals surface area contributed by atoms with E-state index in [4.69, 9.17) is 23.2 Å². The maximum Gasteiger partial charge on any atom is 0.262 e. The lowest BCUT2D eigenvalue weighted by atomic mass is 9.75.